The number of nitrogens with one attached hydrogen (secondary N) is 1. The lowest BCUT2D eigenvalue weighted by Gasteiger charge is -2.23. The molecule has 0 aromatic heterocycles. The third-order valence-corrected chi connectivity index (χ3v) is 5.79. The summed E-state index contributed by atoms with van der Waals surface area (Å²) >= 11 is 5.57. The van der Waals surface area contributed by atoms with Gasteiger partial charge in [0.15, 0.2) is 0 Å². The van der Waals surface area contributed by atoms with E-state index in [2.05, 4.69) is 63.0 Å². The molecule has 0 bridgehead atoms. The van der Waals surface area contributed by atoms with E-state index in [1.54, 1.807) is 0 Å². The summed E-state index contributed by atoms with van der Waals surface area (Å²) in [7, 11) is 0. The molecular formula is C19H29NO3S2. The molecule has 1 amide bonds. The highest BCUT2D eigenvalue weighted by atomic mass is 32.2. The van der Waals surface area contributed by atoms with Gasteiger partial charge in [0.1, 0.15) is 6.04 Å². The fourth-order valence-electron chi connectivity index (χ4n) is 2.23. The van der Waals surface area contributed by atoms with E-state index in [-0.39, 0.29) is 11.3 Å². The van der Waals surface area contributed by atoms with E-state index < -0.39 is 12.0 Å². The minimum absolute atomic E-state index is 0.164. The summed E-state index contributed by atoms with van der Waals surface area (Å²) in [5, 5.41) is 11.8. The van der Waals surface area contributed by atoms with Crippen molar-refractivity contribution in [3.8, 4) is 0 Å². The van der Waals surface area contributed by atoms with Gasteiger partial charge in [-0.15, -0.1) is 0 Å². The molecule has 4 nitrogen and oxygen atoms in total. The fourth-order valence-corrected chi connectivity index (χ4v) is 3.40. The Kier molecular flexibility index (Phi) is 9.43. The summed E-state index contributed by atoms with van der Waals surface area (Å²) < 4.78 is 0. The van der Waals surface area contributed by atoms with E-state index in [0.29, 0.717) is 24.3 Å². The first-order chi connectivity index (χ1) is 11.8. The van der Waals surface area contributed by atoms with Crippen molar-refractivity contribution in [2.75, 3.05) is 11.5 Å². The van der Waals surface area contributed by atoms with Crippen molar-refractivity contribution in [2.24, 2.45) is 0 Å². The number of carboxylic acids is 1. The Balaban J connectivity index is 2.50. The van der Waals surface area contributed by atoms with E-state index in [1.807, 2.05) is 0 Å². The summed E-state index contributed by atoms with van der Waals surface area (Å²) in [6.07, 6.45) is 2.04. The van der Waals surface area contributed by atoms with Crippen molar-refractivity contribution in [3.05, 3.63) is 35.4 Å². The van der Waals surface area contributed by atoms with Gasteiger partial charge in [0.05, 0.1) is 0 Å². The molecule has 1 aromatic carbocycles. The van der Waals surface area contributed by atoms with Crippen molar-refractivity contribution in [3.63, 3.8) is 0 Å². The van der Waals surface area contributed by atoms with E-state index in [4.69, 9.17) is 0 Å². The van der Waals surface area contributed by atoms with Gasteiger partial charge in [-0.25, -0.2) is 4.79 Å². The number of carboxylic acid groups (broad SMARTS) is 1. The first kappa shape index (κ1) is 21.9. The second-order valence-corrected chi connectivity index (χ2v) is 8.21. The predicted octanol–water partition coefficient (Wildman–Crippen LogP) is 3.89. The Morgan fingerprint density at radius 3 is 2.44 bits per heavy atom. The van der Waals surface area contributed by atoms with Gasteiger partial charge in [0.25, 0.3) is 0 Å². The highest BCUT2D eigenvalue weighted by Crippen LogP contribution is 2.27. The Morgan fingerprint density at radius 1 is 1.28 bits per heavy atom. The molecule has 0 radical (unpaired) electrons. The molecule has 2 N–H and O–H groups in total. The standard InChI is InChI=1S/C19H29NO3S2/c1-4-19(2,3)15-9-7-14(8-10-15)12-25-13-16(18(22)23)20-17(21)6-5-11-24/h7-10,16,24H,4-6,11-13H2,1-3H3,(H,20,21)(H,22,23). The monoisotopic (exact) mass is 383 g/mol. The third kappa shape index (κ3) is 7.74. The van der Waals surface area contributed by atoms with Crippen LogP contribution in [-0.4, -0.2) is 34.5 Å². The topological polar surface area (TPSA) is 66.4 Å². The maximum Gasteiger partial charge on any atom is 0.327 e. The molecule has 25 heavy (non-hydrogen) atoms. The van der Waals surface area contributed by atoms with E-state index in [1.165, 1.54) is 17.3 Å². The second kappa shape index (κ2) is 10.8. The molecule has 0 saturated heterocycles. The molecule has 1 atom stereocenters. The second-order valence-electron chi connectivity index (χ2n) is 6.73. The Labute approximate surface area is 160 Å². The summed E-state index contributed by atoms with van der Waals surface area (Å²) in [6.45, 7) is 6.63. The molecule has 1 rings (SSSR count). The van der Waals surface area contributed by atoms with E-state index in [9.17, 15) is 14.7 Å². The van der Waals surface area contributed by atoms with Gasteiger partial charge in [-0.2, -0.15) is 24.4 Å². The van der Waals surface area contributed by atoms with Gasteiger partial charge >= 0.3 is 5.97 Å². The number of carbonyl (C=O) groups is 2. The molecule has 140 valence electrons. The number of thiol groups is 1. The maximum atomic E-state index is 11.7. The van der Waals surface area contributed by atoms with Crippen LogP contribution in [0.1, 0.15) is 51.2 Å². The van der Waals surface area contributed by atoms with Crippen molar-refractivity contribution in [1.29, 1.82) is 0 Å². The van der Waals surface area contributed by atoms with Crippen LogP contribution in [0.3, 0.4) is 0 Å². The van der Waals surface area contributed by atoms with Gasteiger partial charge < -0.3 is 10.4 Å². The summed E-state index contributed by atoms with van der Waals surface area (Å²) in [5.41, 5.74) is 2.63. The molecular weight excluding hydrogens is 354 g/mol. The lowest BCUT2D eigenvalue weighted by atomic mass is 9.82. The lowest BCUT2D eigenvalue weighted by Crippen LogP contribution is -2.42. The minimum atomic E-state index is -0.994. The average Bonchev–Trinajstić information content (AvgIpc) is 2.59. The molecule has 0 aliphatic heterocycles. The number of rotatable bonds is 11. The quantitative estimate of drug-likeness (QED) is 0.507. The first-order valence-electron chi connectivity index (χ1n) is 8.60. The van der Waals surface area contributed by atoms with Crippen LogP contribution in [0.4, 0.5) is 0 Å². The number of thioether (sulfide) groups is 1. The number of amides is 1. The van der Waals surface area contributed by atoms with Crippen LogP contribution >= 0.6 is 24.4 Å². The summed E-state index contributed by atoms with van der Waals surface area (Å²) in [4.78, 5) is 23.0. The minimum Gasteiger partial charge on any atom is -0.480 e. The van der Waals surface area contributed by atoms with Gasteiger partial charge in [-0.05, 0) is 35.1 Å². The summed E-state index contributed by atoms with van der Waals surface area (Å²) in [5.74, 6) is 0.470. The largest absolute Gasteiger partial charge is 0.480 e. The van der Waals surface area contributed by atoms with Crippen LogP contribution in [0.2, 0.25) is 0 Å². The van der Waals surface area contributed by atoms with Crippen LogP contribution in [0.5, 0.6) is 0 Å². The SMILES string of the molecule is CCC(C)(C)c1ccc(CSCC(NC(=O)CCCS)C(=O)O)cc1. The molecule has 0 saturated carbocycles. The van der Waals surface area contributed by atoms with Gasteiger partial charge in [-0.1, -0.05) is 45.0 Å². The fraction of sp³-hybridized carbons (Fsp3) is 0.579. The van der Waals surface area contributed by atoms with Crippen molar-refractivity contribution >= 4 is 36.3 Å². The zero-order chi connectivity index (χ0) is 18.9. The highest BCUT2D eigenvalue weighted by molar-refractivity contribution is 7.98. The molecule has 6 heteroatoms. The summed E-state index contributed by atoms with van der Waals surface area (Å²) in [6, 6.07) is 7.64. The Bertz CT molecular complexity index is 558. The van der Waals surface area contributed by atoms with Crippen LogP contribution < -0.4 is 5.32 Å². The molecule has 0 heterocycles. The zero-order valence-corrected chi connectivity index (χ0v) is 17.0. The molecule has 0 aliphatic rings. The third-order valence-electron chi connectivity index (χ3n) is 4.37. The molecule has 0 aliphatic carbocycles. The van der Waals surface area contributed by atoms with Crippen LogP contribution in [-0.2, 0) is 20.8 Å². The predicted molar refractivity (Wildman–Crippen MR) is 109 cm³/mol. The van der Waals surface area contributed by atoms with Crippen LogP contribution in [0.15, 0.2) is 24.3 Å². The van der Waals surface area contributed by atoms with Crippen molar-refractivity contribution in [2.45, 2.75) is 57.2 Å². The van der Waals surface area contributed by atoms with Gasteiger partial charge in [0, 0.05) is 17.9 Å². The number of aliphatic carboxylic acids is 1. The molecule has 1 aromatic rings. The van der Waals surface area contributed by atoms with Crippen LogP contribution in [0, 0.1) is 0 Å². The Hall–Kier alpha value is -1.14. The van der Waals surface area contributed by atoms with Crippen molar-refractivity contribution < 1.29 is 14.7 Å². The first-order valence-corrected chi connectivity index (χ1v) is 10.4. The average molecular weight is 384 g/mol. The Morgan fingerprint density at radius 2 is 1.92 bits per heavy atom. The number of carbonyl (C=O) groups excluding carboxylic acids is 1. The zero-order valence-electron chi connectivity index (χ0n) is 15.2. The van der Waals surface area contributed by atoms with Gasteiger partial charge in [0.2, 0.25) is 5.91 Å². The molecule has 1 unspecified atom stereocenters. The number of hydrogen-bond acceptors (Lipinski definition) is 4. The van der Waals surface area contributed by atoms with E-state index in [0.717, 1.165) is 17.7 Å². The normalized spacial score (nSPS) is 12.6. The van der Waals surface area contributed by atoms with Crippen LogP contribution in [0.25, 0.3) is 0 Å². The van der Waals surface area contributed by atoms with Crippen molar-refractivity contribution in [1.82, 2.24) is 5.32 Å². The lowest BCUT2D eigenvalue weighted by molar-refractivity contribution is -0.141. The maximum absolute atomic E-state index is 11.7. The molecule has 0 spiro atoms. The number of benzene rings is 1. The molecule has 0 fully saturated rings. The highest BCUT2D eigenvalue weighted by Gasteiger charge is 2.20. The number of hydrogen-bond donors (Lipinski definition) is 3. The van der Waals surface area contributed by atoms with Gasteiger partial charge in [-0.3, -0.25) is 4.79 Å². The smallest absolute Gasteiger partial charge is 0.327 e. The van der Waals surface area contributed by atoms with E-state index >= 15 is 0 Å².